The van der Waals surface area contributed by atoms with E-state index >= 15 is 0 Å². The lowest BCUT2D eigenvalue weighted by Gasteiger charge is -2.13. The summed E-state index contributed by atoms with van der Waals surface area (Å²) in [6.07, 6.45) is 5.19. The Bertz CT molecular complexity index is 497. The third-order valence-electron chi connectivity index (χ3n) is 2.93. The zero-order valence-electron chi connectivity index (χ0n) is 8.78. The molecule has 1 saturated heterocycles. The molecule has 0 spiro atoms. The monoisotopic (exact) mass is 219 g/mol. The van der Waals surface area contributed by atoms with Crippen LogP contribution >= 0.6 is 0 Å². The first-order chi connectivity index (χ1) is 7.88. The van der Waals surface area contributed by atoms with E-state index in [0.717, 1.165) is 24.0 Å². The Labute approximate surface area is 92.7 Å². The predicted molar refractivity (Wildman–Crippen MR) is 57.8 cm³/mol. The molecule has 0 radical (unpaired) electrons. The van der Waals surface area contributed by atoms with Gasteiger partial charge in [-0.05, 0) is 25.0 Å². The summed E-state index contributed by atoms with van der Waals surface area (Å²) >= 11 is 0. The van der Waals surface area contributed by atoms with Gasteiger partial charge in [-0.1, -0.05) is 0 Å². The van der Waals surface area contributed by atoms with Gasteiger partial charge < -0.3 is 9.84 Å². The van der Waals surface area contributed by atoms with Crippen LogP contribution < -0.4 is 0 Å². The van der Waals surface area contributed by atoms with Crippen molar-refractivity contribution >= 4 is 11.2 Å². The van der Waals surface area contributed by atoms with Gasteiger partial charge >= 0.3 is 0 Å². The van der Waals surface area contributed by atoms with Gasteiger partial charge in [-0.15, -0.1) is 0 Å². The van der Waals surface area contributed by atoms with Crippen molar-refractivity contribution < 1.29 is 9.84 Å². The molecule has 3 heterocycles. The quantitative estimate of drug-likeness (QED) is 0.821. The summed E-state index contributed by atoms with van der Waals surface area (Å²) in [7, 11) is 0. The molecule has 2 aromatic rings. The molecule has 1 N–H and O–H groups in total. The lowest BCUT2D eigenvalue weighted by molar-refractivity contribution is -0.0207. The van der Waals surface area contributed by atoms with Gasteiger partial charge in [-0.3, -0.25) is 4.57 Å². The molecule has 0 aromatic carbocycles. The fourth-order valence-corrected chi connectivity index (χ4v) is 2.10. The van der Waals surface area contributed by atoms with E-state index < -0.39 is 0 Å². The Kier molecular flexibility index (Phi) is 2.34. The van der Waals surface area contributed by atoms with Gasteiger partial charge in [-0.25, -0.2) is 9.97 Å². The van der Waals surface area contributed by atoms with Crippen LogP contribution in [-0.4, -0.2) is 32.4 Å². The van der Waals surface area contributed by atoms with Crippen molar-refractivity contribution in [1.82, 2.24) is 14.5 Å². The Morgan fingerprint density at radius 2 is 2.38 bits per heavy atom. The van der Waals surface area contributed by atoms with Crippen LogP contribution in [0.5, 0.6) is 0 Å². The summed E-state index contributed by atoms with van der Waals surface area (Å²) in [5.41, 5.74) is 1.71. The minimum Gasteiger partial charge on any atom is -0.394 e. The smallest absolute Gasteiger partial charge is 0.161 e. The second kappa shape index (κ2) is 3.84. The highest BCUT2D eigenvalue weighted by Crippen LogP contribution is 2.29. The van der Waals surface area contributed by atoms with Crippen molar-refractivity contribution in [2.24, 2.45) is 0 Å². The largest absolute Gasteiger partial charge is 0.394 e. The Balaban J connectivity index is 1.95. The molecule has 0 saturated carbocycles. The van der Waals surface area contributed by atoms with Gasteiger partial charge in [0.2, 0.25) is 0 Å². The molecule has 0 unspecified atom stereocenters. The van der Waals surface area contributed by atoms with Crippen LogP contribution in [0.25, 0.3) is 11.2 Å². The molecule has 2 aromatic heterocycles. The van der Waals surface area contributed by atoms with E-state index in [0.29, 0.717) is 0 Å². The van der Waals surface area contributed by atoms with Crippen molar-refractivity contribution in [2.75, 3.05) is 6.61 Å². The topological polar surface area (TPSA) is 60.2 Å². The summed E-state index contributed by atoms with van der Waals surface area (Å²) in [5, 5.41) is 9.03. The van der Waals surface area contributed by atoms with Crippen LogP contribution in [0.1, 0.15) is 19.1 Å². The van der Waals surface area contributed by atoms with E-state index in [9.17, 15) is 0 Å². The lowest BCUT2D eigenvalue weighted by Crippen LogP contribution is -2.14. The van der Waals surface area contributed by atoms with E-state index in [2.05, 4.69) is 9.97 Å². The third kappa shape index (κ3) is 1.48. The number of nitrogens with zero attached hydrogens (tertiary/aromatic N) is 3. The molecule has 0 aliphatic carbocycles. The number of aliphatic hydroxyl groups is 1. The molecular weight excluding hydrogens is 206 g/mol. The number of hydrogen-bond donors (Lipinski definition) is 1. The molecule has 0 amide bonds. The van der Waals surface area contributed by atoms with Crippen molar-refractivity contribution in [2.45, 2.75) is 25.2 Å². The van der Waals surface area contributed by atoms with Gasteiger partial charge in [-0.2, -0.15) is 0 Å². The zero-order chi connectivity index (χ0) is 11.0. The molecule has 5 heteroatoms. The maximum absolute atomic E-state index is 9.03. The van der Waals surface area contributed by atoms with Gasteiger partial charge in [0.25, 0.3) is 0 Å². The summed E-state index contributed by atoms with van der Waals surface area (Å²) in [6, 6.07) is 3.79. The minimum atomic E-state index is -0.0498. The maximum atomic E-state index is 9.03. The first kappa shape index (κ1) is 9.74. The highest BCUT2D eigenvalue weighted by atomic mass is 16.5. The first-order valence-electron chi connectivity index (χ1n) is 5.42. The number of fused-ring (bicyclic) bond motifs is 1. The lowest BCUT2D eigenvalue weighted by atomic mass is 10.2. The van der Waals surface area contributed by atoms with Crippen molar-refractivity contribution in [3.8, 4) is 0 Å². The van der Waals surface area contributed by atoms with E-state index in [1.54, 1.807) is 12.5 Å². The molecule has 84 valence electrons. The molecule has 1 aliphatic rings. The number of rotatable bonds is 2. The highest BCUT2D eigenvalue weighted by molar-refractivity contribution is 5.70. The van der Waals surface area contributed by atoms with Crippen LogP contribution in [0.15, 0.2) is 24.7 Å². The van der Waals surface area contributed by atoms with Gasteiger partial charge in [0.05, 0.1) is 19.0 Å². The number of hydrogen-bond acceptors (Lipinski definition) is 4. The summed E-state index contributed by atoms with van der Waals surface area (Å²) in [6.45, 7) is 0.0799. The zero-order valence-corrected chi connectivity index (χ0v) is 8.78. The van der Waals surface area contributed by atoms with E-state index in [1.165, 1.54) is 0 Å². The van der Waals surface area contributed by atoms with Gasteiger partial charge in [0.1, 0.15) is 11.7 Å². The normalized spacial score (nSPS) is 25.3. The Hall–Kier alpha value is -1.46. The van der Waals surface area contributed by atoms with Crippen molar-refractivity contribution in [3.63, 3.8) is 0 Å². The average molecular weight is 219 g/mol. The number of aliphatic hydroxyl groups excluding tert-OH is 1. The SMILES string of the molecule is OC[C@@H]1CC[C@H](n2cnc3cccnc32)O1. The van der Waals surface area contributed by atoms with E-state index in [4.69, 9.17) is 9.84 Å². The summed E-state index contributed by atoms with van der Waals surface area (Å²) < 4.78 is 7.63. The average Bonchev–Trinajstić information content (AvgIpc) is 2.94. The molecule has 3 rings (SSSR count). The second-order valence-corrected chi connectivity index (χ2v) is 3.97. The number of pyridine rings is 1. The summed E-state index contributed by atoms with van der Waals surface area (Å²) in [4.78, 5) is 8.57. The van der Waals surface area contributed by atoms with E-state index in [1.807, 2.05) is 16.7 Å². The van der Waals surface area contributed by atoms with Gasteiger partial charge in [0.15, 0.2) is 5.65 Å². The van der Waals surface area contributed by atoms with Crippen LogP contribution in [0.2, 0.25) is 0 Å². The van der Waals surface area contributed by atoms with Crippen LogP contribution in [0, 0.1) is 0 Å². The van der Waals surface area contributed by atoms with Crippen LogP contribution in [0.3, 0.4) is 0 Å². The molecule has 16 heavy (non-hydrogen) atoms. The Morgan fingerprint density at radius 3 is 3.19 bits per heavy atom. The molecule has 0 bridgehead atoms. The molecule has 2 atom stereocenters. The second-order valence-electron chi connectivity index (χ2n) is 3.97. The highest BCUT2D eigenvalue weighted by Gasteiger charge is 2.26. The predicted octanol–water partition coefficient (Wildman–Crippen LogP) is 1.10. The molecule has 1 fully saturated rings. The van der Waals surface area contributed by atoms with Gasteiger partial charge in [0, 0.05) is 6.20 Å². The van der Waals surface area contributed by atoms with E-state index in [-0.39, 0.29) is 18.9 Å². The fraction of sp³-hybridized carbons (Fsp3) is 0.455. The summed E-state index contributed by atoms with van der Waals surface area (Å²) in [5.74, 6) is 0. The molecule has 5 nitrogen and oxygen atoms in total. The first-order valence-corrected chi connectivity index (χ1v) is 5.42. The van der Waals surface area contributed by atoms with Crippen LogP contribution in [0.4, 0.5) is 0 Å². The van der Waals surface area contributed by atoms with Crippen molar-refractivity contribution in [1.29, 1.82) is 0 Å². The maximum Gasteiger partial charge on any atom is 0.161 e. The van der Waals surface area contributed by atoms with Crippen molar-refractivity contribution in [3.05, 3.63) is 24.7 Å². The number of aromatic nitrogens is 3. The fourth-order valence-electron chi connectivity index (χ4n) is 2.10. The van der Waals surface area contributed by atoms with Crippen LogP contribution in [-0.2, 0) is 4.74 Å². The number of ether oxygens (including phenoxy) is 1. The Morgan fingerprint density at radius 1 is 1.44 bits per heavy atom. The number of imidazole rings is 1. The molecular formula is C11H13N3O2. The minimum absolute atomic E-state index is 0.0444. The third-order valence-corrected chi connectivity index (χ3v) is 2.93. The standard InChI is InChI=1S/C11H13N3O2/c15-6-8-3-4-10(16-8)14-7-13-9-2-1-5-12-11(9)14/h1-2,5,7-8,10,15H,3-4,6H2/t8-,10+/m0/s1. The molecule has 1 aliphatic heterocycles.